The largest absolute Gasteiger partial charge is 0.465 e. The summed E-state index contributed by atoms with van der Waals surface area (Å²) in [6.45, 7) is 4.15. The number of hydrogen-bond acceptors (Lipinski definition) is 3. The lowest BCUT2D eigenvalue weighted by molar-refractivity contribution is 0.0595. The lowest BCUT2D eigenvalue weighted by Gasteiger charge is -2.15. The van der Waals surface area contributed by atoms with E-state index in [1.807, 2.05) is 6.92 Å². The smallest absolute Gasteiger partial charge is 0.340 e. The average Bonchev–Trinajstić information content (AvgIpc) is 2.31. The molecule has 0 spiro atoms. The highest BCUT2D eigenvalue weighted by molar-refractivity contribution is 5.90. The van der Waals surface area contributed by atoms with Gasteiger partial charge in [-0.1, -0.05) is 13.3 Å². The van der Waals surface area contributed by atoms with Crippen LogP contribution >= 0.6 is 0 Å². The van der Waals surface area contributed by atoms with E-state index >= 15 is 0 Å². The first kappa shape index (κ1) is 13.5. The van der Waals surface area contributed by atoms with Crippen LogP contribution in [-0.2, 0) is 4.74 Å². The van der Waals surface area contributed by atoms with Crippen molar-refractivity contribution in [2.24, 2.45) is 0 Å². The summed E-state index contributed by atoms with van der Waals surface area (Å²) in [5.41, 5.74) is 0.689. The summed E-state index contributed by atoms with van der Waals surface area (Å²) in [5, 5.41) is 3.21. The Morgan fingerprint density at radius 2 is 2.24 bits per heavy atom. The molecule has 1 aromatic rings. The molecule has 1 aromatic carbocycles. The minimum absolute atomic E-state index is 0.0406. The second-order valence-corrected chi connectivity index (χ2v) is 4.02. The lowest BCUT2D eigenvalue weighted by Crippen LogP contribution is -2.15. The zero-order chi connectivity index (χ0) is 12.8. The maximum atomic E-state index is 13.4. The van der Waals surface area contributed by atoms with E-state index < -0.39 is 11.8 Å². The molecule has 0 amide bonds. The molecule has 0 saturated heterocycles. The number of carbonyl (C=O) groups excluding carboxylic acids is 1. The SMILES string of the molecule is CCCC(C)Nc1ccc(F)c(C(=O)OC)c1. The molecule has 94 valence electrons. The average molecular weight is 239 g/mol. The van der Waals surface area contributed by atoms with Gasteiger partial charge in [-0.3, -0.25) is 0 Å². The molecule has 1 unspecified atom stereocenters. The second kappa shape index (κ2) is 6.23. The third-order valence-corrected chi connectivity index (χ3v) is 2.51. The zero-order valence-corrected chi connectivity index (χ0v) is 10.4. The Labute approximate surface area is 101 Å². The van der Waals surface area contributed by atoms with E-state index in [0.29, 0.717) is 0 Å². The topological polar surface area (TPSA) is 38.3 Å². The fourth-order valence-electron chi connectivity index (χ4n) is 1.67. The number of esters is 1. The van der Waals surface area contributed by atoms with E-state index in [9.17, 15) is 9.18 Å². The summed E-state index contributed by atoms with van der Waals surface area (Å²) in [5.74, 6) is -1.22. The summed E-state index contributed by atoms with van der Waals surface area (Å²) in [6, 6.07) is 4.66. The third-order valence-electron chi connectivity index (χ3n) is 2.51. The quantitative estimate of drug-likeness (QED) is 0.802. The maximum Gasteiger partial charge on any atom is 0.340 e. The van der Waals surface area contributed by atoms with Gasteiger partial charge in [0.1, 0.15) is 5.82 Å². The number of nitrogens with one attached hydrogen (secondary N) is 1. The van der Waals surface area contributed by atoms with E-state index in [2.05, 4.69) is 17.0 Å². The van der Waals surface area contributed by atoms with Gasteiger partial charge in [0.05, 0.1) is 12.7 Å². The molecular weight excluding hydrogens is 221 g/mol. The first-order chi connectivity index (χ1) is 8.08. The summed E-state index contributed by atoms with van der Waals surface area (Å²) >= 11 is 0. The van der Waals surface area contributed by atoms with Crippen molar-refractivity contribution in [3.8, 4) is 0 Å². The van der Waals surface area contributed by atoms with Gasteiger partial charge in [-0.2, -0.15) is 0 Å². The van der Waals surface area contributed by atoms with Gasteiger partial charge in [0, 0.05) is 11.7 Å². The molecule has 1 atom stereocenters. The summed E-state index contributed by atoms with van der Waals surface area (Å²) in [7, 11) is 1.24. The Hall–Kier alpha value is -1.58. The van der Waals surface area contributed by atoms with E-state index in [-0.39, 0.29) is 11.6 Å². The molecule has 17 heavy (non-hydrogen) atoms. The molecule has 0 aliphatic rings. The first-order valence-corrected chi connectivity index (χ1v) is 5.72. The van der Waals surface area contributed by atoms with Crippen LogP contribution in [0, 0.1) is 5.82 Å². The van der Waals surface area contributed by atoms with Crippen molar-refractivity contribution in [3.05, 3.63) is 29.6 Å². The van der Waals surface area contributed by atoms with Crippen LogP contribution in [0.5, 0.6) is 0 Å². The van der Waals surface area contributed by atoms with Crippen molar-refractivity contribution in [3.63, 3.8) is 0 Å². The molecule has 1 N–H and O–H groups in total. The lowest BCUT2D eigenvalue weighted by atomic mass is 10.1. The van der Waals surface area contributed by atoms with Gasteiger partial charge in [-0.25, -0.2) is 9.18 Å². The van der Waals surface area contributed by atoms with Crippen LogP contribution in [0.3, 0.4) is 0 Å². The molecule has 0 aliphatic carbocycles. The molecule has 3 nitrogen and oxygen atoms in total. The van der Waals surface area contributed by atoms with Crippen molar-refractivity contribution in [2.75, 3.05) is 12.4 Å². The van der Waals surface area contributed by atoms with Crippen molar-refractivity contribution in [1.82, 2.24) is 0 Å². The van der Waals surface area contributed by atoms with Crippen LogP contribution in [0.2, 0.25) is 0 Å². The standard InChI is InChI=1S/C13H18FNO2/c1-4-5-9(2)15-10-6-7-12(14)11(8-10)13(16)17-3/h6-9,15H,4-5H2,1-3H3. The number of rotatable bonds is 5. The normalized spacial score (nSPS) is 12.0. The summed E-state index contributed by atoms with van der Waals surface area (Å²) in [6.07, 6.45) is 2.09. The van der Waals surface area contributed by atoms with Crippen molar-refractivity contribution in [2.45, 2.75) is 32.7 Å². The van der Waals surface area contributed by atoms with Gasteiger partial charge in [-0.05, 0) is 31.5 Å². The van der Waals surface area contributed by atoms with Crippen LogP contribution in [0.25, 0.3) is 0 Å². The van der Waals surface area contributed by atoms with E-state index in [1.165, 1.54) is 19.2 Å². The fourth-order valence-corrected chi connectivity index (χ4v) is 1.67. The summed E-state index contributed by atoms with van der Waals surface area (Å²) in [4.78, 5) is 11.3. The summed E-state index contributed by atoms with van der Waals surface area (Å²) < 4.78 is 17.9. The highest BCUT2D eigenvalue weighted by atomic mass is 19.1. The molecule has 0 saturated carbocycles. The zero-order valence-electron chi connectivity index (χ0n) is 10.4. The van der Waals surface area contributed by atoms with E-state index in [4.69, 9.17) is 0 Å². The molecule has 0 aliphatic heterocycles. The number of benzene rings is 1. The molecule has 0 fully saturated rings. The maximum absolute atomic E-state index is 13.4. The van der Waals surface area contributed by atoms with Crippen LogP contribution in [0.4, 0.5) is 10.1 Å². The van der Waals surface area contributed by atoms with Crippen LogP contribution in [0.15, 0.2) is 18.2 Å². The third kappa shape index (κ3) is 3.73. The number of hydrogen-bond donors (Lipinski definition) is 1. The van der Waals surface area contributed by atoms with Crippen LogP contribution in [-0.4, -0.2) is 19.1 Å². The van der Waals surface area contributed by atoms with Crippen molar-refractivity contribution < 1.29 is 13.9 Å². The van der Waals surface area contributed by atoms with Gasteiger partial charge in [0.15, 0.2) is 0 Å². The Balaban J connectivity index is 2.85. The Morgan fingerprint density at radius 3 is 2.82 bits per heavy atom. The Bertz CT molecular complexity index is 393. The monoisotopic (exact) mass is 239 g/mol. The van der Waals surface area contributed by atoms with Crippen molar-refractivity contribution >= 4 is 11.7 Å². The molecule has 0 radical (unpaired) electrons. The number of halogens is 1. The molecule has 4 heteroatoms. The number of ether oxygens (including phenoxy) is 1. The van der Waals surface area contributed by atoms with Gasteiger partial charge < -0.3 is 10.1 Å². The number of carbonyl (C=O) groups is 1. The minimum Gasteiger partial charge on any atom is -0.465 e. The highest BCUT2D eigenvalue weighted by Gasteiger charge is 2.13. The van der Waals surface area contributed by atoms with Gasteiger partial charge in [0.2, 0.25) is 0 Å². The molecular formula is C13H18FNO2. The number of anilines is 1. The predicted octanol–water partition coefficient (Wildman–Crippen LogP) is 3.21. The second-order valence-electron chi connectivity index (χ2n) is 4.02. The van der Waals surface area contributed by atoms with Crippen molar-refractivity contribution in [1.29, 1.82) is 0 Å². The fraction of sp³-hybridized carbons (Fsp3) is 0.462. The Morgan fingerprint density at radius 1 is 1.53 bits per heavy atom. The van der Waals surface area contributed by atoms with Crippen LogP contribution in [0.1, 0.15) is 37.0 Å². The molecule has 1 rings (SSSR count). The Kier molecular flexibility index (Phi) is 4.94. The van der Waals surface area contributed by atoms with Gasteiger partial charge >= 0.3 is 5.97 Å². The minimum atomic E-state index is -0.658. The molecule has 0 heterocycles. The van der Waals surface area contributed by atoms with Gasteiger partial charge in [0.25, 0.3) is 0 Å². The predicted molar refractivity (Wildman–Crippen MR) is 65.7 cm³/mol. The van der Waals surface area contributed by atoms with Gasteiger partial charge in [-0.15, -0.1) is 0 Å². The molecule has 0 aromatic heterocycles. The van der Waals surface area contributed by atoms with E-state index in [1.54, 1.807) is 6.07 Å². The molecule has 0 bridgehead atoms. The number of methoxy groups -OCH3 is 1. The first-order valence-electron chi connectivity index (χ1n) is 5.72. The van der Waals surface area contributed by atoms with Crippen LogP contribution < -0.4 is 5.32 Å². The van der Waals surface area contributed by atoms with E-state index in [0.717, 1.165) is 18.5 Å². The highest BCUT2D eigenvalue weighted by Crippen LogP contribution is 2.17.